The van der Waals surface area contributed by atoms with Crippen LogP contribution in [0.4, 0.5) is 5.69 Å². The molecule has 3 nitrogen and oxygen atoms in total. The third-order valence-electron chi connectivity index (χ3n) is 3.61. The zero-order valence-electron chi connectivity index (χ0n) is 12.2. The van der Waals surface area contributed by atoms with E-state index in [0.717, 1.165) is 35.4 Å². The van der Waals surface area contributed by atoms with Gasteiger partial charge in [0.2, 0.25) is 0 Å². The van der Waals surface area contributed by atoms with Crippen LogP contribution in [0.15, 0.2) is 22.7 Å². The molecule has 1 saturated heterocycles. The van der Waals surface area contributed by atoms with Gasteiger partial charge in [-0.05, 0) is 43.5 Å². The fourth-order valence-electron chi connectivity index (χ4n) is 2.76. The quantitative estimate of drug-likeness (QED) is 0.894. The third-order valence-corrected chi connectivity index (χ3v) is 4.10. The molecule has 1 N–H and O–H groups in total. The highest BCUT2D eigenvalue weighted by molar-refractivity contribution is 9.10. The van der Waals surface area contributed by atoms with Gasteiger partial charge in [0.25, 0.3) is 0 Å². The number of rotatable bonds is 5. The van der Waals surface area contributed by atoms with Crippen LogP contribution in [-0.4, -0.2) is 25.7 Å². The number of nitrogens with one attached hydrogen (secondary N) is 1. The van der Waals surface area contributed by atoms with Crippen LogP contribution in [0.2, 0.25) is 0 Å². The first-order valence-electron chi connectivity index (χ1n) is 7.28. The number of anilines is 1. The second-order valence-electron chi connectivity index (χ2n) is 5.87. The predicted octanol–water partition coefficient (Wildman–Crippen LogP) is 3.54. The van der Waals surface area contributed by atoms with Gasteiger partial charge in [0.1, 0.15) is 6.07 Å². The summed E-state index contributed by atoms with van der Waals surface area (Å²) >= 11 is 3.44. The topological polar surface area (TPSA) is 39.1 Å². The van der Waals surface area contributed by atoms with E-state index in [-0.39, 0.29) is 0 Å². The Morgan fingerprint density at radius 1 is 1.50 bits per heavy atom. The van der Waals surface area contributed by atoms with E-state index >= 15 is 0 Å². The van der Waals surface area contributed by atoms with Gasteiger partial charge in [-0.15, -0.1) is 0 Å². The van der Waals surface area contributed by atoms with Gasteiger partial charge >= 0.3 is 0 Å². The van der Waals surface area contributed by atoms with Crippen molar-refractivity contribution in [3.63, 3.8) is 0 Å². The van der Waals surface area contributed by atoms with Crippen LogP contribution in [-0.2, 0) is 0 Å². The number of hydrogen-bond acceptors (Lipinski definition) is 3. The Morgan fingerprint density at radius 2 is 2.30 bits per heavy atom. The number of nitrogens with zero attached hydrogens (tertiary/aromatic N) is 2. The number of nitriles is 1. The Bertz CT molecular complexity index is 487. The smallest absolute Gasteiger partial charge is 0.101 e. The third kappa shape index (κ3) is 3.97. The SMILES string of the molecule is CC(C)CN(CC1CCCN1)c1ccc(Br)cc1C#N. The molecule has 0 aliphatic carbocycles. The first kappa shape index (κ1) is 15.3. The van der Waals surface area contributed by atoms with Crippen molar-refractivity contribution >= 4 is 21.6 Å². The van der Waals surface area contributed by atoms with Crippen molar-refractivity contribution in [1.82, 2.24) is 5.32 Å². The Kier molecular flexibility index (Phi) is 5.45. The van der Waals surface area contributed by atoms with Crippen molar-refractivity contribution in [3.05, 3.63) is 28.2 Å². The highest BCUT2D eigenvalue weighted by Crippen LogP contribution is 2.25. The van der Waals surface area contributed by atoms with Gasteiger partial charge in [-0.1, -0.05) is 29.8 Å². The molecular formula is C16H22BrN3. The van der Waals surface area contributed by atoms with E-state index < -0.39 is 0 Å². The number of benzene rings is 1. The summed E-state index contributed by atoms with van der Waals surface area (Å²) in [5, 5.41) is 12.9. The van der Waals surface area contributed by atoms with Gasteiger partial charge in [-0.3, -0.25) is 0 Å². The van der Waals surface area contributed by atoms with E-state index in [2.05, 4.69) is 52.1 Å². The zero-order valence-corrected chi connectivity index (χ0v) is 13.8. The summed E-state index contributed by atoms with van der Waals surface area (Å²) in [6.07, 6.45) is 2.48. The molecule has 4 heteroatoms. The molecule has 2 rings (SSSR count). The highest BCUT2D eigenvalue weighted by atomic mass is 79.9. The minimum Gasteiger partial charge on any atom is -0.369 e. The number of hydrogen-bond donors (Lipinski definition) is 1. The van der Waals surface area contributed by atoms with E-state index in [1.165, 1.54) is 12.8 Å². The Labute approximate surface area is 130 Å². The van der Waals surface area contributed by atoms with E-state index in [1.54, 1.807) is 0 Å². The summed E-state index contributed by atoms with van der Waals surface area (Å²) in [6.45, 7) is 7.52. The second-order valence-corrected chi connectivity index (χ2v) is 6.78. The van der Waals surface area contributed by atoms with Crippen molar-refractivity contribution in [2.45, 2.75) is 32.7 Å². The monoisotopic (exact) mass is 335 g/mol. The molecule has 1 aliphatic heterocycles. The molecule has 1 heterocycles. The minimum atomic E-state index is 0.545. The lowest BCUT2D eigenvalue weighted by molar-refractivity contribution is 0.541. The number of halogens is 1. The molecular weight excluding hydrogens is 314 g/mol. The van der Waals surface area contributed by atoms with Gasteiger partial charge in [-0.2, -0.15) is 5.26 Å². The minimum absolute atomic E-state index is 0.545. The van der Waals surface area contributed by atoms with Crippen LogP contribution < -0.4 is 10.2 Å². The molecule has 1 aliphatic rings. The summed E-state index contributed by atoms with van der Waals surface area (Å²) < 4.78 is 0.960. The van der Waals surface area contributed by atoms with E-state index in [4.69, 9.17) is 0 Å². The van der Waals surface area contributed by atoms with Crippen LogP contribution in [0.3, 0.4) is 0 Å². The normalized spacial score (nSPS) is 18.2. The molecule has 0 spiro atoms. The van der Waals surface area contributed by atoms with Crippen molar-refractivity contribution in [3.8, 4) is 6.07 Å². The Balaban J connectivity index is 2.23. The lowest BCUT2D eigenvalue weighted by atomic mass is 10.1. The molecule has 0 amide bonds. The molecule has 20 heavy (non-hydrogen) atoms. The highest BCUT2D eigenvalue weighted by Gasteiger charge is 2.20. The molecule has 0 aromatic heterocycles. The van der Waals surface area contributed by atoms with Crippen molar-refractivity contribution in [1.29, 1.82) is 5.26 Å². The first-order chi connectivity index (χ1) is 9.60. The Hall–Kier alpha value is -1.05. The largest absolute Gasteiger partial charge is 0.369 e. The van der Waals surface area contributed by atoms with Crippen LogP contribution in [0, 0.1) is 17.2 Å². The van der Waals surface area contributed by atoms with Crippen molar-refractivity contribution < 1.29 is 0 Å². The van der Waals surface area contributed by atoms with Crippen LogP contribution >= 0.6 is 15.9 Å². The summed E-state index contributed by atoms with van der Waals surface area (Å²) in [4.78, 5) is 2.36. The summed E-state index contributed by atoms with van der Waals surface area (Å²) in [5.74, 6) is 0.576. The molecule has 0 bridgehead atoms. The average molecular weight is 336 g/mol. The van der Waals surface area contributed by atoms with Crippen molar-refractivity contribution in [2.75, 3.05) is 24.5 Å². The second kappa shape index (κ2) is 7.10. The van der Waals surface area contributed by atoms with Gasteiger partial charge in [0.05, 0.1) is 11.3 Å². The lowest BCUT2D eigenvalue weighted by Gasteiger charge is -2.30. The lowest BCUT2D eigenvalue weighted by Crippen LogP contribution is -2.39. The van der Waals surface area contributed by atoms with E-state index in [0.29, 0.717) is 12.0 Å². The fourth-order valence-corrected chi connectivity index (χ4v) is 3.13. The molecule has 1 atom stereocenters. The fraction of sp³-hybridized carbons (Fsp3) is 0.562. The molecule has 1 fully saturated rings. The van der Waals surface area contributed by atoms with Crippen LogP contribution in [0.25, 0.3) is 0 Å². The van der Waals surface area contributed by atoms with Gasteiger partial charge < -0.3 is 10.2 Å². The zero-order chi connectivity index (χ0) is 14.5. The van der Waals surface area contributed by atoms with E-state index in [1.807, 2.05) is 12.1 Å². The Morgan fingerprint density at radius 3 is 2.90 bits per heavy atom. The average Bonchev–Trinajstić information content (AvgIpc) is 2.90. The maximum absolute atomic E-state index is 9.37. The van der Waals surface area contributed by atoms with Crippen molar-refractivity contribution in [2.24, 2.45) is 5.92 Å². The van der Waals surface area contributed by atoms with Gasteiger partial charge in [0.15, 0.2) is 0 Å². The molecule has 0 saturated carbocycles. The predicted molar refractivity (Wildman–Crippen MR) is 86.9 cm³/mol. The maximum atomic E-state index is 9.37. The standard InChI is InChI=1S/C16H22BrN3/c1-12(2)10-20(11-15-4-3-7-19-15)16-6-5-14(17)8-13(16)9-18/h5-6,8,12,15,19H,3-4,7,10-11H2,1-2H3. The van der Waals surface area contributed by atoms with Crippen LogP contribution in [0.1, 0.15) is 32.3 Å². The summed E-state index contributed by atoms with van der Waals surface area (Å²) in [5.41, 5.74) is 1.80. The van der Waals surface area contributed by atoms with Crippen LogP contribution in [0.5, 0.6) is 0 Å². The summed E-state index contributed by atoms with van der Waals surface area (Å²) in [6, 6.07) is 8.85. The molecule has 0 radical (unpaired) electrons. The van der Waals surface area contributed by atoms with Gasteiger partial charge in [0, 0.05) is 23.6 Å². The van der Waals surface area contributed by atoms with E-state index in [9.17, 15) is 5.26 Å². The molecule has 1 aromatic rings. The first-order valence-corrected chi connectivity index (χ1v) is 8.07. The molecule has 1 unspecified atom stereocenters. The molecule has 1 aromatic carbocycles. The summed E-state index contributed by atoms with van der Waals surface area (Å²) in [7, 11) is 0. The van der Waals surface area contributed by atoms with Gasteiger partial charge in [-0.25, -0.2) is 0 Å². The maximum Gasteiger partial charge on any atom is 0.101 e. The molecule has 108 valence electrons.